The Balaban J connectivity index is 1.90. The highest BCUT2D eigenvalue weighted by atomic mass is 19.1. The van der Waals surface area contributed by atoms with E-state index in [1.165, 1.54) is 5.56 Å². The highest BCUT2D eigenvalue weighted by molar-refractivity contribution is 5.41. The Labute approximate surface area is 127 Å². The second-order valence-electron chi connectivity index (χ2n) is 6.19. The van der Waals surface area contributed by atoms with Gasteiger partial charge in [0, 0.05) is 12.1 Å². The number of unbranched alkanes of at least 4 members (excludes halogenated alkanes) is 1. The van der Waals surface area contributed by atoms with Gasteiger partial charge >= 0.3 is 0 Å². The normalized spacial score (nSPS) is 19.2. The van der Waals surface area contributed by atoms with E-state index < -0.39 is 0 Å². The van der Waals surface area contributed by atoms with Crippen LogP contribution in [0, 0.1) is 0 Å². The highest BCUT2D eigenvalue weighted by Gasteiger charge is 2.22. The molecule has 2 N–H and O–H groups in total. The third kappa shape index (κ3) is 4.70. The number of hydrogen-bond donors (Lipinski definition) is 2. The van der Waals surface area contributed by atoms with E-state index >= 15 is 0 Å². The van der Waals surface area contributed by atoms with Crippen molar-refractivity contribution in [3.05, 3.63) is 29.3 Å². The largest absolute Gasteiger partial charge is 0.508 e. The number of nitrogens with one attached hydrogen (secondary N) is 1. The number of phenolic OH excluding ortho intramolecular Hbond substituents is 1. The minimum Gasteiger partial charge on any atom is -0.508 e. The quantitative estimate of drug-likeness (QED) is 0.706. The first-order valence-corrected chi connectivity index (χ1v) is 8.36. The molecular weight excluding hydrogens is 265 g/mol. The van der Waals surface area contributed by atoms with Crippen LogP contribution in [0.5, 0.6) is 5.75 Å². The van der Waals surface area contributed by atoms with Crippen molar-refractivity contribution in [2.24, 2.45) is 0 Å². The van der Waals surface area contributed by atoms with E-state index in [-0.39, 0.29) is 6.67 Å². The number of halogens is 1. The van der Waals surface area contributed by atoms with Gasteiger partial charge in [-0.1, -0.05) is 25.5 Å². The van der Waals surface area contributed by atoms with Gasteiger partial charge in [-0.05, 0) is 62.1 Å². The third-order valence-corrected chi connectivity index (χ3v) is 4.50. The zero-order valence-electron chi connectivity index (χ0n) is 13.1. The summed E-state index contributed by atoms with van der Waals surface area (Å²) >= 11 is 0. The van der Waals surface area contributed by atoms with Crippen LogP contribution in [0.3, 0.4) is 0 Å². The average Bonchev–Trinajstić information content (AvgIpc) is 2.48. The molecule has 2 rings (SSSR count). The molecule has 0 saturated carbocycles. The summed E-state index contributed by atoms with van der Waals surface area (Å²) in [5.74, 6) is 0.444. The molecule has 0 bridgehead atoms. The number of benzene rings is 1. The van der Waals surface area contributed by atoms with Gasteiger partial charge in [0.05, 0.1) is 6.67 Å². The molecule has 0 fully saturated rings. The fraction of sp³-hybridized carbons (Fsp3) is 0.667. The van der Waals surface area contributed by atoms with Gasteiger partial charge in [0.2, 0.25) is 0 Å². The molecule has 0 spiro atoms. The summed E-state index contributed by atoms with van der Waals surface area (Å²) in [5.41, 5.74) is 2.40. The molecule has 0 saturated heterocycles. The van der Waals surface area contributed by atoms with E-state index in [4.69, 9.17) is 0 Å². The molecule has 0 aromatic heterocycles. The van der Waals surface area contributed by atoms with E-state index in [1.807, 2.05) is 6.07 Å². The Morgan fingerprint density at radius 2 is 2.19 bits per heavy atom. The van der Waals surface area contributed by atoms with E-state index in [0.29, 0.717) is 24.3 Å². The number of phenols is 1. The average molecular weight is 293 g/mol. The summed E-state index contributed by atoms with van der Waals surface area (Å²) in [4.78, 5) is 0. The first kappa shape index (κ1) is 16.3. The molecule has 21 heavy (non-hydrogen) atoms. The second-order valence-corrected chi connectivity index (χ2v) is 6.19. The summed E-state index contributed by atoms with van der Waals surface area (Å²) in [5, 5.41) is 13.7. The lowest BCUT2D eigenvalue weighted by Gasteiger charge is -2.30. The molecular formula is C18H28FNO. The maximum atomic E-state index is 12.2. The monoisotopic (exact) mass is 293 g/mol. The highest BCUT2D eigenvalue weighted by Crippen LogP contribution is 2.29. The molecule has 1 aliphatic rings. The first-order valence-electron chi connectivity index (χ1n) is 8.36. The summed E-state index contributed by atoms with van der Waals surface area (Å²) in [7, 11) is 0. The van der Waals surface area contributed by atoms with Crippen LogP contribution in [0.15, 0.2) is 18.2 Å². The van der Waals surface area contributed by atoms with Crippen molar-refractivity contribution in [3.63, 3.8) is 0 Å². The second kappa shape index (κ2) is 8.38. The fourth-order valence-corrected chi connectivity index (χ4v) is 3.41. The van der Waals surface area contributed by atoms with Crippen molar-refractivity contribution in [3.8, 4) is 5.75 Å². The first-order chi connectivity index (χ1) is 10.2. The zero-order valence-corrected chi connectivity index (χ0v) is 13.1. The van der Waals surface area contributed by atoms with Gasteiger partial charge in [0.25, 0.3) is 0 Å². The summed E-state index contributed by atoms with van der Waals surface area (Å²) in [6.07, 6.45) is 8.07. The van der Waals surface area contributed by atoms with Crippen LogP contribution in [-0.2, 0) is 12.8 Å². The van der Waals surface area contributed by atoms with Crippen molar-refractivity contribution in [2.45, 2.75) is 70.4 Å². The molecule has 2 atom stereocenters. The molecule has 3 heteroatoms. The van der Waals surface area contributed by atoms with Gasteiger partial charge in [0.15, 0.2) is 0 Å². The van der Waals surface area contributed by atoms with Crippen LogP contribution < -0.4 is 5.32 Å². The predicted molar refractivity (Wildman–Crippen MR) is 85.6 cm³/mol. The SMILES string of the molecule is CCC[C@@H](CCCCF)N[C@@H]1CCc2c(O)cccc2C1. The Morgan fingerprint density at radius 3 is 2.95 bits per heavy atom. The molecule has 1 aromatic rings. The minimum absolute atomic E-state index is 0.199. The van der Waals surface area contributed by atoms with Crippen LogP contribution in [0.1, 0.15) is 56.6 Å². The molecule has 0 heterocycles. The maximum absolute atomic E-state index is 12.2. The Morgan fingerprint density at radius 1 is 1.33 bits per heavy atom. The van der Waals surface area contributed by atoms with Gasteiger partial charge in [-0.3, -0.25) is 4.39 Å². The molecule has 1 aliphatic carbocycles. The molecule has 0 unspecified atom stereocenters. The van der Waals surface area contributed by atoms with Crippen LogP contribution in [-0.4, -0.2) is 23.9 Å². The van der Waals surface area contributed by atoms with Gasteiger partial charge in [0.1, 0.15) is 5.75 Å². The molecule has 2 nitrogen and oxygen atoms in total. The number of hydrogen-bond acceptors (Lipinski definition) is 2. The lowest BCUT2D eigenvalue weighted by atomic mass is 9.87. The van der Waals surface area contributed by atoms with Gasteiger partial charge in [-0.15, -0.1) is 0 Å². The number of fused-ring (bicyclic) bond motifs is 1. The van der Waals surface area contributed by atoms with E-state index in [0.717, 1.165) is 50.5 Å². The van der Waals surface area contributed by atoms with Gasteiger partial charge in [-0.2, -0.15) is 0 Å². The fourth-order valence-electron chi connectivity index (χ4n) is 3.41. The number of alkyl halides is 1. The summed E-state index contributed by atoms with van der Waals surface area (Å²) in [6, 6.07) is 6.83. The predicted octanol–water partition coefficient (Wildman–Crippen LogP) is 4.15. The molecule has 0 amide bonds. The van der Waals surface area contributed by atoms with Gasteiger partial charge < -0.3 is 10.4 Å². The standard InChI is InChI=1S/C18H28FNO/c1-2-6-15(8-3-4-12-19)20-16-10-11-17-14(13-16)7-5-9-18(17)21/h5,7,9,15-16,20-21H,2-4,6,8,10-13H2,1H3/t15-,16+/m0/s1. The topological polar surface area (TPSA) is 32.3 Å². The van der Waals surface area contributed by atoms with Crippen molar-refractivity contribution in [2.75, 3.05) is 6.67 Å². The van der Waals surface area contributed by atoms with E-state index in [1.54, 1.807) is 6.07 Å². The van der Waals surface area contributed by atoms with Crippen LogP contribution in [0.2, 0.25) is 0 Å². The Hall–Kier alpha value is -1.09. The molecule has 0 radical (unpaired) electrons. The Bertz CT molecular complexity index is 435. The van der Waals surface area contributed by atoms with E-state index in [9.17, 15) is 9.50 Å². The van der Waals surface area contributed by atoms with Gasteiger partial charge in [-0.25, -0.2) is 0 Å². The maximum Gasteiger partial charge on any atom is 0.119 e. The number of rotatable bonds is 8. The summed E-state index contributed by atoms with van der Waals surface area (Å²) in [6.45, 7) is 2.01. The Kier molecular flexibility index (Phi) is 6.50. The zero-order chi connectivity index (χ0) is 15.1. The van der Waals surface area contributed by atoms with E-state index in [2.05, 4.69) is 18.3 Å². The van der Waals surface area contributed by atoms with Crippen LogP contribution in [0.4, 0.5) is 4.39 Å². The third-order valence-electron chi connectivity index (χ3n) is 4.50. The van der Waals surface area contributed by atoms with Crippen molar-refractivity contribution >= 4 is 0 Å². The van der Waals surface area contributed by atoms with Crippen LogP contribution in [0.25, 0.3) is 0 Å². The number of aromatic hydroxyl groups is 1. The van der Waals surface area contributed by atoms with Crippen molar-refractivity contribution in [1.29, 1.82) is 0 Å². The smallest absolute Gasteiger partial charge is 0.119 e. The molecule has 1 aromatic carbocycles. The lowest BCUT2D eigenvalue weighted by Crippen LogP contribution is -2.41. The summed E-state index contributed by atoms with van der Waals surface area (Å²) < 4.78 is 12.2. The molecule has 0 aliphatic heterocycles. The minimum atomic E-state index is -0.199. The van der Waals surface area contributed by atoms with Crippen LogP contribution >= 0.6 is 0 Å². The van der Waals surface area contributed by atoms with Crippen molar-refractivity contribution in [1.82, 2.24) is 5.32 Å². The molecule has 118 valence electrons. The van der Waals surface area contributed by atoms with Crippen molar-refractivity contribution < 1.29 is 9.50 Å². The lowest BCUT2D eigenvalue weighted by molar-refractivity contribution is 0.344.